The maximum Gasteiger partial charge on any atom is 0.343 e. The van der Waals surface area contributed by atoms with Crippen molar-refractivity contribution in [2.45, 2.75) is 13.3 Å². The van der Waals surface area contributed by atoms with Gasteiger partial charge in [-0.2, -0.15) is 5.10 Å². The van der Waals surface area contributed by atoms with Crippen LogP contribution in [0.25, 0.3) is 0 Å². The number of benzene rings is 3. The fourth-order valence-electron chi connectivity index (χ4n) is 2.79. The minimum Gasteiger partial charge on any atom is -0.494 e. The van der Waals surface area contributed by atoms with E-state index in [1.54, 1.807) is 54.6 Å². The van der Waals surface area contributed by atoms with Gasteiger partial charge in [0.15, 0.2) is 18.1 Å². The first-order valence-electron chi connectivity index (χ1n) is 10.7. The second-order valence-electron chi connectivity index (χ2n) is 7.07. The highest BCUT2D eigenvalue weighted by Gasteiger charge is 2.13. The van der Waals surface area contributed by atoms with E-state index in [0.717, 1.165) is 6.42 Å². The first-order chi connectivity index (χ1) is 16.6. The summed E-state index contributed by atoms with van der Waals surface area (Å²) in [7, 11) is 1.47. The molecule has 0 atom stereocenters. The summed E-state index contributed by atoms with van der Waals surface area (Å²) in [5.74, 6) is 0.974. The molecule has 1 N–H and O–H groups in total. The molecule has 0 saturated carbocycles. The predicted molar refractivity (Wildman–Crippen MR) is 128 cm³/mol. The molecule has 0 saturated heterocycles. The molecule has 0 spiro atoms. The summed E-state index contributed by atoms with van der Waals surface area (Å²) >= 11 is 0. The molecule has 8 nitrogen and oxygen atoms in total. The van der Waals surface area contributed by atoms with Gasteiger partial charge in [0.2, 0.25) is 0 Å². The van der Waals surface area contributed by atoms with Gasteiger partial charge in [0.1, 0.15) is 11.5 Å². The normalized spacial score (nSPS) is 10.5. The molecule has 176 valence electrons. The Hall–Kier alpha value is -4.33. The summed E-state index contributed by atoms with van der Waals surface area (Å²) in [5, 5.41) is 3.92. The van der Waals surface area contributed by atoms with Gasteiger partial charge < -0.3 is 18.9 Å². The maximum absolute atomic E-state index is 12.5. The van der Waals surface area contributed by atoms with Crippen LogP contribution in [0.4, 0.5) is 0 Å². The lowest BCUT2D eigenvalue weighted by molar-refractivity contribution is -0.123. The van der Waals surface area contributed by atoms with Crippen LogP contribution < -0.4 is 24.4 Å². The van der Waals surface area contributed by atoms with Crippen molar-refractivity contribution in [3.8, 4) is 23.0 Å². The van der Waals surface area contributed by atoms with Crippen LogP contribution in [0.1, 0.15) is 29.3 Å². The van der Waals surface area contributed by atoms with E-state index in [4.69, 9.17) is 18.9 Å². The Labute approximate surface area is 198 Å². The van der Waals surface area contributed by atoms with Crippen molar-refractivity contribution in [2.75, 3.05) is 20.3 Å². The Morgan fingerprint density at radius 3 is 2.35 bits per heavy atom. The topological polar surface area (TPSA) is 95.5 Å². The summed E-state index contributed by atoms with van der Waals surface area (Å²) in [6.07, 6.45) is 2.35. The van der Waals surface area contributed by atoms with E-state index in [2.05, 4.69) is 10.5 Å². The molecule has 0 bridgehead atoms. The third-order valence-electron chi connectivity index (χ3n) is 4.47. The zero-order valence-corrected chi connectivity index (χ0v) is 19.0. The fourth-order valence-corrected chi connectivity index (χ4v) is 2.79. The molecular weight excluding hydrogens is 436 g/mol. The number of nitrogens with one attached hydrogen (secondary N) is 1. The number of esters is 1. The molecule has 0 aliphatic heterocycles. The van der Waals surface area contributed by atoms with Crippen molar-refractivity contribution in [1.82, 2.24) is 5.43 Å². The van der Waals surface area contributed by atoms with Gasteiger partial charge in [-0.1, -0.05) is 25.1 Å². The quantitative estimate of drug-likeness (QED) is 0.198. The Balaban J connectivity index is 1.55. The van der Waals surface area contributed by atoms with Gasteiger partial charge in [0.05, 0.1) is 25.5 Å². The average Bonchev–Trinajstić information content (AvgIpc) is 2.87. The Morgan fingerprint density at radius 1 is 0.912 bits per heavy atom. The first-order valence-corrected chi connectivity index (χ1v) is 10.7. The monoisotopic (exact) mass is 462 g/mol. The largest absolute Gasteiger partial charge is 0.494 e. The standard InChI is InChI=1S/C26H26N2O6/c1-3-15-32-22-12-10-20(11-13-22)26(30)34-23-14-9-19(16-24(23)31-2)17-27-28-25(29)18-33-21-7-5-4-6-8-21/h4-14,16-17H,3,15,18H2,1-2H3,(H,28,29)/b27-17+. The molecule has 8 heteroatoms. The summed E-state index contributed by atoms with van der Waals surface area (Å²) in [4.78, 5) is 24.4. The molecule has 3 aromatic carbocycles. The van der Waals surface area contributed by atoms with Crippen LogP contribution >= 0.6 is 0 Å². The number of para-hydroxylation sites is 1. The van der Waals surface area contributed by atoms with Gasteiger partial charge in [-0.3, -0.25) is 4.79 Å². The van der Waals surface area contributed by atoms with Gasteiger partial charge in [0, 0.05) is 0 Å². The highest BCUT2D eigenvalue weighted by Crippen LogP contribution is 2.28. The third kappa shape index (κ3) is 7.37. The van der Waals surface area contributed by atoms with Crippen LogP contribution in [0.15, 0.2) is 77.9 Å². The van der Waals surface area contributed by atoms with E-state index in [0.29, 0.717) is 35.0 Å². The molecule has 1 amide bonds. The molecule has 3 aromatic rings. The number of amides is 1. The number of hydrazone groups is 1. The number of carbonyl (C=O) groups excluding carboxylic acids is 2. The molecule has 0 aliphatic carbocycles. The second kappa shape index (κ2) is 12.6. The zero-order valence-electron chi connectivity index (χ0n) is 19.0. The van der Waals surface area contributed by atoms with Crippen molar-refractivity contribution in [2.24, 2.45) is 5.10 Å². The van der Waals surface area contributed by atoms with Gasteiger partial charge in [-0.25, -0.2) is 10.2 Å². The van der Waals surface area contributed by atoms with E-state index in [1.807, 2.05) is 25.1 Å². The fraction of sp³-hybridized carbons (Fsp3) is 0.192. The number of methoxy groups -OCH3 is 1. The molecule has 0 radical (unpaired) electrons. The van der Waals surface area contributed by atoms with Gasteiger partial charge in [-0.15, -0.1) is 0 Å². The lowest BCUT2D eigenvalue weighted by Crippen LogP contribution is -2.24. The lowest BCUT2D eigenvalue weighted by atomic mass is 10.2. The Morgan fingerprint density at radius 2 is 1.65 bits per heavy atom. The van der Waals surface area contributed by atoms with Crippen molar-refractivity contribution in [3.05, 3.63) is 83.9 Å². The van der Waals surface area contributed by atoms with Crippen LogP contribution in [0, 0.1) is 0 Å². The highest BCUT2D eigenvalue weighted by atomic mass is 16.6. The molecule has 0 unspecified atom stereocenters. The predicted octanol–water partition coefficient (Wildman–Crippen LogP) is 4.23. The highest BCUT2D eigenvalue weighted by molar-refractivity contribution is 5.92. The Kier molecular flexibility index (Phi) is 9.04. The van der Waals surface area contributed by atoms with Crippen molar-refractivity contribution >= 4 is 18.1 Å². The van der Waals surface area contributed by atoms with E-state index in [1.165, 1.54) is 13.3 Å². The summed E-state index contributed by atoms with van der Waals surface area (Å²) in [5.41, 5.74) is 3.42. The minimum absolute atomic E-state index is 0.161. The summed E-state index contributed by atoms with van der Waals surface area (Å²) in [6, 6.07) is 20.7. The van der Waals surface area contributed by atoms with Crippen LogP contribution in [0.3, 0.4) is 0 Å². The zero-order chi connectivity index (χ0) is 24.2. The van der Waals surface area contributed by atoms with Crippen molar-refractivity contribution < 1.29 is 28.5 Å². The minimum atomic E-state index is -0.521. The van der Waals surface area contributed by atoms with Crippen LogP contribution in [-0.4, -0.2) is 38.4 Å². The summed E-state index contributed by atoms with van der Waals surface area (Å²) < 4.78 is 21.7. The number of ether oxygens (including phenoxy) is 4. The third-order valence-corrected chi connectivity index (χ3v) is 4.47. The molecule has 3 rings (SSSR count). The summed E-state index contributed by atoms with van der Waals surface area (Å²) in [6.45, 7) is 2.47. The average molecular weight is 463 g/mol. The second-order valence-corrected chi connectivity index (χ2v) is 7.07. The number of rotatable bonds is 11. The molecule has 34 heavy (non-hydrogen) atoms. The number of nitrogens with zero attached hydrogens (tertiary/aromatic N) is 1. The van der Waals surface area contributed by atoms with Crippen LogP contribution in [0.5, 0.6) is 23.0 Å². The number of carbonyl (C=O) groups is 2. The van der Waals surface area contributed by atoms with E-state index >= 15 is 0 Å². The van der Waals surface area contributed by atoms with Gasteiger partial charge >= 0.3 is 5.97 Å². The molecule has 0 aromatic heterocycles. The van der Waals surface area contributed by atoms with Gasteiger partial charge in [-0.05, 0) is 66.6 Å². The van der Waals surface area contributed by atoms with E-state index in [9.17, 15) is 9.59 Å². The van der Waals surface area contributed by atoms with E-state index in [-0.39, 0.29) is 12.4 Å². The van der Waals surface area contributed by atoms with Crippen molar-refractivity contribution in [1.29, 1.82) is 0 Å². The van der Waals surface area contributed by atoms with Gasteiger partial charge in [0.25, 0.3) is 5.91 Å². The molecule has 0 aliphatic rings. The number of hydrogen-bond acceptors (Lipinski definition) is 7. The number of hydrogen-bond donors (Lipinski definition) is 1. The van der Waals surface area contributed by atoms with E-state index < -0.39 is 11.9 Å². The molecule has 0 heterocycles. The Bertz CT molecular complexity index is 1110. The smallest absolute Gasteiger partial charge is 0.343 e. The SMILES string of the molecule is CCCOc1ccc(C(=O)Oc2ccc(/C=N/NC(=O)COc3ccccc3)cc2OC)cc1. The first kappa shape index (κ1) is 24.3. The van der Waals surface area contributed by atoms with Crippen molar-refractivity contribution in [3.63, 3.8) is 0 Å². The lowest BCUT2D eigenvalue weighted by Gasteiger charge is -2.10. The molecule has 0 fully saturated rings. The van der Waals surface area contributed by atoms with Crippen LogP contribution in [-0.2, 0) is 4.79 Å². The maximum atomic E-state index is 12.5. The van der Waals surface area contributed by atoms with Crippen LogP contribution in [0.2, 0.25) is 0 Å². The molecular formula is C26H26N2O6.